The third-order valence-electron chi connectivity index (χ3n) is 4.59. The Balaban J connectivity index is 1.95. The van der Waals surface area contributed by atoms with E-state index in [9.17, 15) is 19.7 Å². The zero-order chi connectivity index (χ0) is 18.4. The molecule has 0 heterocycles. The molecule has 7 heteroatoms. The molecule has 0 radical (unpaired) electrons. The summed E-state index contributed by atoms with van der Waals surface area (Å²) in [4.78, 5) is 34.9. The first-order valence-electron chi connectivity index (χ1n) is 8.63. The average Bonchev–Trinajstić information content (AvgIpc) is 2.59. The SMILES string of the molecule is Cc1cccc([N+](=O)[O-])c1C(=O)OC(C)C(=O)NCC1CCCCC1. The monoisotopic (exact) mass is 348 g/mol. The predicted molar refractivity (Wildman–Crippen MR) is 92.3 cm³/mol. The smallest absolute Gasteiger partial charge is 0.346 e. The standard InChI is InChI=1S/C18H24N2O5/c1-12-7-6-10-15(20(23)24)16(12)18(22)25-13(2)17(21)19-11-14-8-4-3-5-9-14/h6-7,10,13-14H,3-5,8-9,11H2,1-2H3,(H,19,21). The molecule has 1 saturated carbocycles. The van der Waals surface area contributed by atoms with Crippen LogP contribution in [0.4, 0.5) is 5.69 Å². The van der Waals surface area contributed by atoms with Crippen molar-refractivity contribution in [2.45, 2.75) is 52.1 Å². The summed E-state index contributed by atoms with van der Waals surface area (Å²) in [5, 5.41) is 13.9. The van der Waals surface area contributed by atoms with Gasteiger partial charge in [-0.05, 0) is 38.2 Å². The van der Waals surface area contributed by atoms with Crippen LogP contribution in [0.1, 0.15) is 54.9 Å². The lowest BCUT2D eigenvalue weighted by atomic mass is 9.89. The van der Waals surface area contributed by atoms with Crippen molar-refractivity contribution in [2.24, 2.45) is 5.92 Å². The second-order valence-corrected chi connectivity index (χ2v) is 6.52. The normalized spacial score (nSPS) is 16.1. The average molecular weight is 348 g/mol. The topological polar surface area (TPSA) is 98.5 Å². The molecule has 0 bridgehead atoms. The molecular formula is C18H24N2O5. The maximum Gasteiger partial charge on any atom is 0.346 e. The van der Waals surface area contributed by atoms with Crippen LogP contribution >= 0.6 is 0 Å². The molecule has 1 N–H and O–H groups in total. The first-order chi connectivity index (χ1) is 11.9. The van der Waals surface area contributed by atoms with E-state index >= 15 is 0 Å². The summed E-state index contributed by atoms with van der Waals surface area (Å²) in [5.41, 5.74) is 0.00765. The number of hydrogen-bond donors (Lipinski definition) is 1. The van der Waals surface area contributed by atoms with Crippen LogP contribution in [0.3, 0.4) is 0 Å². The Hall–Kier alpha value is -2.44. The number of aryl methyl sites for hydroxylation is 1. The fraction of sp³-hybridized carbons (Fsp3) is 0.556. The van der Waals surface area contributed by atoms with Gasteiger partial charge in [0.1, 0.15) is 5.56 Å². The number of nitro groups is 1. The number of rotatable bonds is 6. The van der Waals surface area contributed by atoms with Crippen LogP contribution in [0.25, 0.3) is 0 Å². The number of benzene rings is 1. The van der Waals surface area contributed by atoms with Gasteiger partial charge < -0.3 is 10.1 Å². The number of esters is 1. The molecule has 1 aromatic rings. The molecule has 0 spiro atoms. The van der Waals surface area contributed by atoms with Crippen LogP contribution in [0.5, 0.6) is 0 Å². The van der Waals surface area contributed by atoms with Gasteiger partial charge in [-0.2, -0.15) is 0 Å². The van der Waals surface area contributed by atoms with Crippen LogP contribution in [-0.2, 0) is 9.53 Å². The van der Waals surface area contributed by atoms with Gasteiger partial charge in [0, 0.05) is 12.6 Å². The number of carbonyl (C=O) groups is 2. The Morgan fingerprint density at radius 2 is 2.00 bits per heavy atom. The van der Waals surface area contributed by atoms with Gasteiger partial charge in [-0.1, -0.05) is 31.4 Å². The van der Waals surface area contributed by atoms with Crippen molar-refractivity contribution in [1.29, 1.82) is 0 Å². The Morgan fingerprint density at radius 1 is 1.32 bits per heavy atom. The lowest BCUT2D eigenvalue weighted by Crippen LogP contribution is -2.38. The summed E-state index contributed by atoms with van der Waals surface area (Å²) in [6.45, 7) is 3.64. The molecular weight excluding hydrogens is 324 g/mol. The zero-order valence-electron chi connectivity index (χ0n) is 14.6. The van der Waals surface area contributed by atoms with E-state index in [2.05, 4.69) is 5.32 Å². The number of nitro benzene ring substituents is 1. The fourth-order valence-corrected chi connectivity index (χ4v) is 3.12. The van der Waals surface area contributed by atoms with Crippen molar-refractivity contribution in [3.63, 3.8) is 0 Å². The molecule has 1 aliphatic rings. The molecule has 136 valence electrons. The van der Waals surface area contributed by atoms with E-state index < -0.39 is 17.0 Å². The van der Waals surface area contributed by atoms with Gasteiger partial charge in [-0.15, -0.1) is 0 Å². The molecule has 25 heavy (non-hydrogen) atoms. The van der Waals surface area contributed by atoms with E-state index in [1.807, 2.05) is 0 Å². The van der Waals surface area contributed by atoms with Crippen molar-refractivity contribution >= 4 is 17.6 Å². The van der Waals surface area contributed by atoms with E-state index in [4.69, 9.17) is 4.74 Å². The lowest BCUT2D eigenvalue weighted by molar-refractivity contribution is -0.385. The number of amides is 1. The summed E-state index contributed by atoms with van der Waals surface area (Å²) in [7, 11) is 0. The van der Waals surface area contributed by atoms with E-state index in [0.29, 0.717) is 18.0 Å². The van der Waals surface area contributed by atoms with Crippen molar-refractivity contribution in [3.05, 3.63) is 39.4 Å². The molecule has 1 aliphatic carbocycles. The van der Waals surface area contributed by atoms with Gasteiger partial charge in [0.25, 0.3) is 11.6 Å². The van der Waals surface area contributed by atoms with E-state index in [1.165, 1.54) is 38.3 Å². The number of hydrogen-bond acceptors (Lipinski definition) is 5. The van der Waals surface area contributed by atoms with Crippen LogP contribution in [0.2, 0.25) is 0 Å². The van der Waals surface area contributed by atoms with Crippen molar-refractivity contribution in [1.82, 2.24) is 5.32 Å². The quantitative estimate of drug-likeness (QED) is 0.484. The molecule has 0 aliphatic heterocycles. The second kappa shape index (κ2) is 8.60. The number of nitrogens with one attached hydrogen (secondary N) is 1. The predicted octanol–water partition coefficient (Wildman–Crippen LogP) is 3.15. The number of carbonyl (C=O) groups excluding carboxylic acids is 2. The Bertz CT molecular complexity index is 653. The molecule has 1 unspecified atom stereocenters. The second-order valence-electron chi connectivity index (χ2n) is 6.52. The van der Waals surface area contributed by atoms with Gasteiger partial charge in [-0.3, -0.25) is 14.9 Å². The fourth-order valence-electron chi connectivity index (χ4n) is 3.12. The first-order valence-corrected chi connectivity index (χ1v) is 8.63. The van der Waals surface area contributed by atoms with Gasteiger partial charge >= 0.3 is 5.97 Å². The Morgan fingerprint density at radius 3 is 2.64 bits per heavy atom. The van der Waals surface area contributed by atoms with Crippen LogP contribution < -0.4 is 5.32 Å². The Labute approximate surface area is 146 Å². The molecule has 1 atom stereocenters. The summed E-state index contributed by atoms with van der Waals surface area (Å²) < 4.78 is 5.15. The highest BCUT2D eigenvalue weighted by Crippen LogP contribution is 2.24. The Kier molecular flexibility index (Phi) is 6.50. The minimum absolute atomic E-state index is 0.112. The molecule has 7 nitrogen and oxygen atoms in total. The molecule has 1 fully saturated rings. The first kappa shape index (κ1) is 18.9. The number of nitrogens with zero attached hydrogens (tertiary/aromatic N) is 1. The molecule has 1 aromatic carbocycles. The van der Waals surface area contributed by atoms with Crippen molar-refractivity contribution in [3.8, 4) is 0 Å². The molecule has 0 aromatic heterocycles. The van der Waals surface area contributed by atoms with E-state index in [1.54, 1.807) is 13.0 Å². The van der Waals surface area contributed by atoms with Crippen molar-refractivity contribution in [2.75, 3.05) is 6.54 Å². The minimum Gasteiger partial charge on any atom is -0.449 e. The minimum atomic E-state index is -1.00. The molecule has 1 amide bonds. The highest BCUT2D eigenvalue weighted by Gasteiger charge is 2.27. The van der Waals surface area contributed by atoms with Crippen LogP contribution in [-0.4, -0.2) is 29.4 Å². The van der Waals surface area contributed by atoms with E-state index in [-0.39, 0.29) is 17.2 Å². The van der Waals surface area contributed by atoms with Crippen LogP contribution in [0, 0.1) is 23.0 Å². The largest absolute Gasteiger partial charge is 0.449 e. The highest BCUT2D eigenvalue weighted by atomic mass is 16.6. The maximum absolute atomic E-state index is 12.3. The summed E-state index contributed by atoms with van der Waals surface area (Å²) in [6.07, 6.45) is 4.81. The van der Waals surface area contributed by atoms with Crippen LogP contribution in [0.15, 0.2) is 18.2 Å². The summed E-state index contributed by atoms with van der Waals surface area (Å²) in [5.74, 6) is -0.765. The van der Waals surface area contributed by atoms with Gasteiger partial charge in [0.05, 0.1) is 4.92 Å². The summed E-state index contributed by atoms with van der Waals surface area (Å²) in [6, 6.07) is 4.35. The molecule has 0 saturated heterocycles. The maximum atomic E-state index is 12.3. The van der Waals surface area contributed by atoms with Gasteiger partial charge in [0.2, 0.25) is 0 Å². The third-order valence-corrected chi connectivity index (χ3v) is 4.59. The van der Waals surface area contributed by atoms with Gasteiger partial charge in [0.15, 0.2) is 6.10 Å². The molecule has 2 rings (SSSR count). The number of ether oxygens (including phenoxy) is 1. The van der Waals surface area contributed by atoms with E-state index in [0.717, 1.165) is 12.8 Å². The highest BCUT2D eigenvalue weighted by molar-refractivity contribution is 5.97. The summed E-state index contributed by atoms with van der Waals surface area (Å²) >= 11 is 0. The lowest BCUT2D eigenvalue weighted by Gasteiger charge is -2.22. The zero-order valence-corrected chi connectivity index (χ0v) is 14.6. The van der Waals surface area contributed by atoms with Crippen molar-refractivity contribution < 1.29 is 19.2 Å². The van der Waals surface area contributed by atoms with Gasteiger partial charge in [-0.25, -0.2) is 4.79 Å². The third kappa shape index (κ3) is 5.01.